The Kier molecular flexibility index (Phi) is 9.55. The molecule has 11 nitrogen and oxygen atoms in total. The van der Waals surface area contributed by atoms with Crippen molar-refractivity contribution in [2.24, 2.45) is 5.73 Å². The van der Waals surface area contributed by atoms with Gasteiger partial charge in [-0.1, -0.05) is 0 Å². The molecule has 1 heterocycles. The average Bonchev–Trinajstić information content (AvgIpc) is 3.12. The van der Waals surface area contributed by atoms with E-state index in [1.54, 1.807) is 0 Å². The largest absolute Gasteiger partial charge is 0.481 e. The zero-order valence-corrected chi connectivity index (χ0v) is 16.7. The van der Waals surface area contributed by atoms with Crippen molar-refractivity contribution in [3.8, 4) is 0 Å². The molecule has 0 aliphatic carbocycles. The van der Waals surface area contributed by atoms with Crippen LogP contribution in [-0.4, -0.2) is 87.0 Å². The van der Waals surface area contributed by atoms with Gasteiger partial charge in [0.1, 0.15) is 18.1 Å². The molecule has 4 atom stereocenters. The number of amides is 3. The van der Waals surface area contributed by atoms with E-state index in [9.17, 15) is 29.1 Å². The van der Waals surface area contributed by atoms with Crippen molar-refractivity contribution in [1.82, 2.24) is 15.5 Å². The second-order valence-electron chi connectivity index (χ2n) is 6.22. The van der Waals surface area contributed by atoms with Crippen molar-refractivity contribution in [2.45, 2.75) is 43.4 Å². The Morgan fingerprint density at radius 3 is 2.11 bits per heavy atom. The first-order valence-corrected chi connectivity index (χ1v) is 9.72. The van der Waals surface area contributed by atoms with Gasteiger partial charge in [0, 0.05) is 18.1 Å². The molecule has 1 saturated heterocycles. The predicted octanol–water partition coefficient (Wildman–Crippen LogP) is -2.31. The highest BCUT2D eigenvalue weighted by Crippen LogP contribution is 2.18. The zero-order chi connectivity index (χ0) is 21.4. The van der Waals surface area contributed by atoms with Gasteiger partial charge in [0.05, 0.1) is 12.5 Å². The summed E-state index contributed by atoms with van der Waals surface area (Å²) in [6.07, 6.45) is 0.244. The lowest BCUT2D eigenvalue weighted by molar-refractivity contribution is -0.149. The van der Waals surface area contributed by atoms with Crippen LogP contribution in [0.5, 0.6) is 0 Å². The molecular weight excluding hydrogens is 412 g/mol. The number of hydrogen-bond acceptors (Lipinski definition) is 8. The minimum atomic E-state index is -1.35. The number of carboxylic acids is 2. The molecule has 6 N–H and O–H groups in total. The van der Waals surface area contributed by atoms with Gasteiger partial charge in [-0.3, -0.25) is 19.2 Å². The van der Waals surface area contributed by atoms with Crippen LogP contribution in [0, 0.1) is 0 Å². The molecule has 0 bridgehead atoms. The van der Waals surface area contributed by atoms with Crippen LogP contribution in [0.4, 0.5) is 0 Å². The number of likely N-dealkylation sites (tertiary alicyclic amines) is 1. The summed E-state index contributed by atoms with van der Waals surface area (Å²) in [7, 11) is 0. The maximum absolute atomic E-state index is 12.6. The van der Waals surface area contributed by atoms with Crippen LogP contribution in [0.25, 0.3) is 0 Å². The monoisotopic (exact) mass is 436 g/mol. The third kappa shape index (κ3) is 6.56. The number of hydrogen-bond donors (Lipinski definition) is 7. The van der Waals surface area contributed by atoms with Crippen LogP contribution >= 0.6 is 25.3 Å². The number of carboxylic acid groups (broad SMARTS) is 2. The van der Waals surface area contributed by atoms with Crippen LogP contribution in [0.15, 0.2) is 0 Å². The molecule has 3 amide bonds. The lowest BCUT2D eigenvalue weighted by Gasteiger charge is -2.27. The number of rotatable bonds is 10. The molecule has 1 aliphatic rings. The minimum absolute atomic E-state index is 0.0841. The summed E-state index contributed by atoms with van der Waals surface area (Å²) in [4.78, 5) is 60.0. The molecule has 1 aliphatic heterocycles. The molecule has 0 aromatic carbocycles. The standard InChI is InChI=1S/C15H24N4O7S2/c16-7(4-11(20)21)12(22)17-8(5-27)13(23)18-9(6-28)14(24)19-3-1-2-10(19)15(25)26/h7-10,27-28H,1-6,16H2,(H,17,22)(H,18,23)(H,20,21)(H,25,26). The molecule has 0 radical (unpaired) electrons. The van der Waals surface area contributed by atoms with Gasteiger partial charge in [-0.2, -0.15) is 25.3 Å². The first kappa shape index (κ1) is 24.0. The van der Waals surface area contributed by atoms with E-state index in [-0.39, 0.29) is 18.1 Å². The third-order valence-electron chi connectivity index (χ3n) is 4.16. The second-order valence-corrected chi connectivity index (χ2v) is 6.95. The Balaban J connectivity index is 2.75. The third-order valence-corrected chi connectivity index (χ3v) is 4.90. The van der Waals surface area contributed by atoms with Crippen LogP contribution < -0.4 is 16.4 Å². The number of nitrogens with zero attached hydrogens (tertiary/aromatic N) is 1. The summed E-state index contributed by atoms with van der Waals surface area (Å²) in [6, 6.07) is -4.57. The molecule has 1 rings (SSSR count). The van der Waals surface area contributed by atoms with Crippen molar-refractivity contribution in [3.63, 3.8) is 0 Å². The van der Waals surface area contributed by atoms with Crippen molar-refractivity contribution >= 4 is 54.9 Å². The van der Waals surface area contributed by atoms with Crippen LogP contribution in [0.3, 0.4) is 0 Å². The molecular formula is C15H24N4O7S2. The van der Waals surface area contributed by atoms with E-state index in [1.165, 1.54) is 4.90 Å². The van der Waals surface area contributed by atoms with Gasteiger partial charge in [0.15, 0.2) is 0 Å². The first-order chi connectivity index (χ1) is 13.1. The van der Waals surface area contributed by atoms with Gasteiger partial charge in [-0.05, 0) is 12.8 Å². The highest BCUT2D eigenvalue weighted by molar-refractivity contribution is 7.80. The maximum atomic E-state index is 12.6. The fraction of sp³-hybridized carbons (Fsp3) is 0.667. The quantitative estimate of drug-likeness (QED) is 0.187. The van der Waals surface area contributed by atoms with E-state index in [2.05, 4.69) is 35.9 Å². The Morgan fingerprint density at radius 1 is 1.04 bits per heavy atom. The number of nitrogens with one attached hydrogen (secondary N) is 2. The summed E-state index contributed by atoms with van der Waals surface area (Å²) in [6.45, 7) is 0.257. The topological polar surface area (TPSA) is 179 Å². The fourth-order valence-electron chi connectivity index (χ4n) is 2.70. The average molecular weight is 437 g/mol. The normalized spacial score (nSPS) is 19.4. The predicted molar refractivity (Wildman–Crippen MR) is 104 cm³/mol. The molecule has 0 spiro atoms. The number of carbonyl (C=O) groups is 5. The van der Waals surface area contributed by atoms with E-state index >= 15 is 0 Å². The van der Waals surface area contributed by atoms with Gasteiger partial charge in [0.2, 0.25) is 17.7 Å². The van der Waals surface area contributed by atoms with Gasteiger partial charge in [0.25, 0.3) is 0 Å². The van der Waals surface area contributed by atoms with E-state index in [1.807, 2.05) is 0 Å². The smallest absolute Gasteiger partial charge is 0.326 e. The van der Waals surface area contributed by atoms with Crippen LogP contribution in [-0.2, 0) is 24.0 Å². The molecule has 0 aromatic heterocycles. The summed E-state index contributed by atoms with van der Waals surface area (Å²) in [5.41, 5.74) is 5.45. The van der Waals surface area contributed by atoms with Crippen LogP contribution in [0.1, 0.15) is 19.3 Å². The molecule has 13 heteroatoms. The molecule has 0 saturated carbocycles. The summed E-state index contributed by atoms with van der Waals surface area (Å²) < 4.78 is 0. The number of nitrogens with two attached hydrogens (primary N) is 1. The Hall–Kier alpha value is -1.99. The summed E-state index contributed by atoms with van der Waals surface area (Å²) >= 11 is 8.02. The molecule has 0 aromatic rings. The van der Waals surface area contributed by atoms with Gasteiger partial charge < -0.3 is 31.5 Å². The van der Waals surface area contributed by atoms with E-state index < -0.39 is 60.2 Å². The summed E-state index contributed by atoms with van der Waals surface area (Å²) in [5, 5.41) is 22.6. The number of aliphatic carboxylic acids is 2. The molecule has 28 heavy (non-hydrogen) atoms. The fourth-order valence-corrected chi connectivity index (χ4v) is 3.20. The molecule has 1 fully saturated rings. The van der Waals surface area contributed by atoms with E-state index in [4.69, 9.17) is 10.8 Å². The minimum Gasteiger partial charge on any atom is -0.481 e. The van der Waals surface area contributed by atoms with Gasteiger partial charge >= 0.3 is 11.9 Å². The van der Waals surface area contributed by atoms with E-state index in [0.717, 1.165) is 0 Å². The summed E-state index contributed by atoms with van der Waals surface area (Å²) in [5.74, 6) is -4.79. The highest BCUT2D eigenvalue weighted by atomic mass is 32.1. The molecule has 4 unspecified atom stereocenters. The SMILES string of the molecule is NC(CC(=O)O)C(=O)NC(CS)C(=O)NC(CS)C(=O)N1CCCC1C(=O)O. The maximum Gasteiger partial charge on any atom is 0.326 e. The van der Waals surface area contributed by atoms with Crippen molar-refractivity contribution in [3.05, 3.63) is 0 Å². The van der Waals surface area contributed by atoms with Crippen LogP contribution in [0.2, 0.25) is 0 Å². The Labute approximate surface area is 172 Å². The Morgan fingerprint density at radius 2 is 1.61 bits per heavy atom. The first-order valence-electron chi connectivity index (χ1n) is 8.45. The molecule has 158 valence electrons. The number of carbonyl (C=O) groups excluding carboxylic acids is 3. The highest BCUT2D eigenvalue weighted by Gasteiger charge is 2.37. The number of thiol groups is 2. The lowest BCUT2D eigenvalue weighted by atomic mass is 10.1. The zero-order valence-electron chi connectivity index (χ0n) is 14.9. The van der Waals surface area contributed by atoms with Crippen molar-refractivity contribution in [2.75, 3.05) is 18.1 Å². The van der Waals surface area contributed by atoms with E-state index in [0.29, 0.717) is 12.8 Å². The second kappa shape index (κ2) is 11.1. The lowest BCUT2D eigenvalue weighted by Crippen LogP contribution is -2.58. The Bertz CT molecular complexity index is 634. The van der Waals surface area contributed by atoms with Gasteiger partial charge in [-0.15, -0.1) is 0 Å². The van der Waals surface area contributed by atoms with Crippen molar-refractivity contribution in [1.29, 1.82) is 0 Å². The van der Waals surface area contributed by atoms with Crippen molar-refractivity contribution < 1.29 is 34.2 Å². The van der Waals surface area contributed by atoms with Gasteiger partial charge in [-0.25, -0.2) is 4.79 Å².